The van der Waals surface area contributed by atoms with Crippen molar-refractivity contribution < 1.29 is 28.7 Å². The van der Waals surface area contributed by atoms with Crippen LogP contribution in [0.4, 0.5) is 4.39 Å². The second-order valence-corrected chi connectivity index (χ2v) is 7.30. The second kappa shape index (κ2) is 10.9. The van der Waals surface area contributed by atoms with Crippen molar-refractivity contribution in [3.05, 3.63) is 77.4 Å². The number of rotatable bonds is 10. The molecule has 0 aliphatic carbocycles. The lowest BCUT2D eigenvalue weighted by molar-refractivity contribution is -0.145. The van der Waals surface area contributed by atoms with Gasteiger partial charge in [0.25, 0.3) is 0 Å². The third-order valence-electron chi connectivity index (χ3n) is 4.80. The number of halogens is 1. The van der Waals surface area contributed by atoms with E-state index in [0.717, 1.165) is 11.1 Å². The second-order valence-electron chi connectivity index (χ2n) is 7.30. The number of aliphatic carboxylic acids is 2. The van der Waals surface area contributed by atoms with E-state index in [-0.39, 0.29) is 18.3 Å². The van der Waals surface area contributed by atoms with Gasteiger partial charge in [0.1, 0.15) is 23.3 Å². The number of nitrogens with one attached hydrogen (secondary N) is 1. The Kier molecular flexibility index (Phi) is 7.74. The van der Waals surface area contributed by atoms with Crippen molar-refractivity contribution in [2.45, 2.75) is 31.8 Å². The van der Waals surface area contributed by atoms with Crippen LogP contribution in [-0.4, -0.2) is 39.3 Å². The molecule has 0 aliphatic heterocycles. The van der Waals surface area contributed by atoms with Crippen LogP contribution in [0.15, 0.2) is 64.1 Å². The van der Waals surface area contributed by atoms with Crippen LogP contribution in [0.2, 0.25) is 0 Å². The summed E-state index contributed by atoms with van der Waals surface area (Å²) in [6, 6.07) is 14.7. The van der Waals surface area contributed by atoms with Crippen LogP contribution in [0.5, 0.6) is 0 Å². The SMILES string of the molecule is NC(=NCc1cc(CCc2ccc(-c3ccccc3)c(F)c2)on1)NC(CC(=O)O)C(=O)O. The number of carboxylic acid groups (broad SMARTS) is 2. The van der Waals surface area contributed by atoms with Crippen LogP contribution >= 0.6 is 0 Å². The quantitative estimate of drug-likeness (QED) is 0.270. The molecular weight excluding hydrogens is 431 g/mol. The summed E-state index contributed by atoms with van der Waals surface area (Å²) in [4.78, 5) is 25.7. The molecule has 5 N–H and O–H groups in total. The Morgan fingerprint density at radius 3 is 2.55 bits per heavy atom. The van der Waals surface area contributed by atoms with E-state index in [4.69, 9.17) is 20.5 Å². The highest BCUT2D eigenvalue weighted by atomic mass is 19.1. The van der Waals surface area contributed by atoms with Gasteiger partial charge in [0.05, 0.1) is 13.0 Å². The first-order valence-corrected chi connectivity index (χ1v) is 10.1. The first-order chi connectivity index (χ1) is 15.8. The molecule has 0 saturated carbocycles. The monoisotopic (exact) mass is 454 g/mol. The number of aliphatic imine (C=N–C) groups is 1. The van der Waals surface area contributed by atoms with Gasteiger partial charge in [-0.05, 0) is 23.6 Å². The largest absolute Gasteiger partial charge is 0.481 e. The molecule has 0 bridgehead atoms. The van der Waals surface area contributed by atoms with Crippen molar-refractivity contribution in [1.29, 1.82) is 0 Å². The summed E-state index contributed by atoms with van der Waals surface area (Å²) < 4.78 is 19.8. The molecule has 1 aromatic heterocycles. The van der Waals surface area contributed by atoms with Crippen LogP contribution in [0.1, 0.15) is 23.4 Å². The smallest absolute Gasteiger partial charge is 0.326 e. The van der Waals surface area contributed by atoms with Crippen molar-refractivity contribution in [2.75, 3.05) is 0 Å². The molecule has 0 radical (unpaired) electrons. The summed E-state index contributed by atoms with van der Waals surface area (Å²) in [7, 11) is 0. The fourth-order valence-electron chi connectivity index (χ4n) is 3.15. The topological polar surface area (TPSA) is 151 Å². The Balaban J connectivity index is 1.54. The number of carbonyl (C=O) groups is 2. The van der Waals surface area contributed by atoms with Crippen molar-refractivity contribution in [3.63, 3.8) is 0 Å². The Bertz CT molecular complexity index is 1150. The van der Waals surface area contributed by atoms with Gasteiger partial charge in [-0.15, -0.1) is 0 Å². The van der Waals surface area contributed by atoms with Crippen molar-refractivity contribution in [1.82, 2.24) is 10.5 Å². The first-order valence-electron chi connectivity index (χ1n) is 10.1. The van der Waals surface area contributed by atoms with Gasteiger partial charge in [-0.2, -0.15) is 0 Å². The van der Waals surface area contributed by atoms with E-state index in [2.05, 4.69) is 15.5 Å². The number of nitrogens with two attached hydrogens (primary N) is 1. The average molecular weight is 454 g/mol. The Morgan fingerprint density at radius 1 is 1.12 bits per heavy atom. The lowest BCUT2D eigenvalue weighted by Crippen LogP contribution is -2.45. The number of guanidine groups is 1. The third-order valence-corrected chi connectivity index (χ3v) is 4.80. The zero-order valence-electron chi connectivity index (χ0n) is 17.6. The molecular formula is C23H23FN4O5. The molecule has 0 spiro atoms. The normalized spacial score (nSPS) is 12.3. The van der Waals surface area contributed by atoms with Gasteiger partial charge in [-0.3, -0.25) is 4.79 Å². The maximum absolute atomic E-state index is 14.5. The van der Waals surface area contributed by atoms with Crippen LogP contribution in [0, 0.1) is 5.82 Å². The molecule has 0 saturated heterocycles. The summed E-state index contributed by atoms with van der Waals surface area (Å²) in [6.45, 7) is 0.0160. The highest BCUT2D eigenvalue weighted by Crippen LogP contribution is 2.24. The Labute approximate surface area is 188 Å². The van der Waals surface area contributed by atoms with Crippen LogP contribution < -0.4 is 11.1 Å². The molecule has 0 aliphatic rings. The molecule has 3 aromatic rings. The molecule has 172 valence electrons. The number of benzene rings is 2. The summed E-state index contributed by atoms with van der Waals surface area (Å²) in [5.74, 6) is -2.57. The average Bonchev–Trinajstić information content (AvgIpc) is 3.24. The molecule has 1 atom stereocenters. The molecule has 1 heterocycles. The fraction of sp³-hybridized carbons (Fsp3) is 0.217. The molecule has 0 fully saturated rings. The van der Waals surface area contributed by atoms with Crippen LogP contribution in [0.25, 0.3) is 11.1 Å². The third kappa shape index (κ3) is 6.89. The van der Waals surface area contributed by atoms with Crippen LogP contribution in [0.3, 0.4) is 0 Å². The highest BCUT2D eigenvalue weighted by molar-refractivity contribution is 5.87. The van der Waals surface area contributed by atoms with E-state index < -0.39 is 24.4 Å². The van der Waals surface area contributed by atoms with Crippen molar-refractivity contribution in [3.8, 4) is 11.1 Å². The van der Waals surface area contributed by atoms with E-state index in [0.29, 0.717) is 29.9 Å². The van der Waals surface area contributed by atoms with Gasteiger partial charge >= 0.3 is 11.9 Å². The number of carboxylic acids is 2. The van der Waals surface area contributed by atoms with Gasteiger partial charge in [-0.1, -0.05) is 47.6 Å². The van der Waals surface area contributed by atoms with E-state index in [1.54, 1.807) is 12.1 Å². The van der Waals surface area contributed by atoms with E-state index in [9.17, 15) is 14.0 Å². The lowest BCUT2D eigenvalue weighted by atomic mass is 10.0. The van der Waals surface area contributed by atoms with Crippen molar-refractivity contribution in [2.24, 2.45) is 10.7 Å². The molecule has 33 heavy (non-hydrogen) atoms. The number of hydrogen-bond acceptors (Lipinski definition) is 5. The number of aryl methyl sites for hydroxylation is 2. The zero-order valence-corrected chi connectivity index (χ0v) is 17.6. The van der Waals surface area contributed by atoms with E-state index in [1.807, 2.05) is 36.4 Å². The van der Waals surface area contributed by atoms with Gasteiger partial charge in [-0.25, -0.2) is 14.2 Å². The summed E-state index contributed by atoms with van der Waals surface area (Å²) in [6.07, 6.45) is 0.393. The molecule has 2 aromatic carbocycles. The predicted octanol–water partition coefficient (Wildman–Crippen LogP) is 2.60. The summed E-state index contributed by atoms with van der Waals surface area (Å²) >= 11 is 0. The molecule has 0 amide bonds. The molecule has 9 nitrogen and oxygen atoms in total. The molecule has 3 rings (SSSR count). The minimum atomic E-state index is -1.40. The van der Waals surface area contributed by atoms with Gasteiger partial charge in [0.15, 0.2) is 5.96 Å². The number of hydrogen-bond donors (Lipinski definition) is 4. The van der Waals surface area contributed by atoms with Gasteiger partial charge in [0.2, 0.25) is 0 Å². The lowest BCUT2D eigenvalue weighted by Gasteiger charge is -2.12. The zero-order chi connectivity index (χ0) is 23.8. The van der Waals surface area contributed by atoms with Gasteiger partial charge < -0.3 is 25.8 Å². The summed E-state index contributed by atoms with van der Waals surface area (Å²) in [5, 5.41) is 24.0. The Hall–Kier alpha value is -4.21. The van der Waals surface area contributed by atoms with Crippen LogP contribution in [-0.2, 0) is 29.0 Å². The van der Waals surface area contributed by atoms with E-state index >= 15 is 0 Å². The highest BCUT2D eigenvalue weighted by Gasteiger charge is 2.21. The minimum Gasteiger partial charge on any atom is -0.481 e. The van der Waals surface area contributed by atoms with Crippen molar-refractivity contribution >= 4 is 17.9 Å². The first kappa shape index (κ1) is 23.5. The predicted molar refractivity (Wildman–Crippen MR) is 118 cm³/mol. The number of aromatic nitrogens is 1. The molecule has 1 unspecified atom stereocenters. The standard InChI is InChI=1S/C23H23FN4O5/c24-19-10-14(7-9-18(19)15-4-2-1-3-5-15)6-8-17-11-16(28-33-17)13-26-23(25)27-20(22(31)32)12-21(29)30/h1-5,7,9-11,20H,6,8,12-13H2,(H,29,30)(H,31,32)(H3,25,26,27). The fourth-order valence-corrected chi connectivity index (χ4v) is 3.15. The minimum absolute atomic E-state index is 0.0160. The maximum Gasteiger partial charge on any atom is 0.326 e. The molecule has 10 heteroatoms. The maximum atomic E-state index is 14.5. The van der Waals surface area contributed by atoms with E-state index in [1.165, 1.54) is 6.07 Å². The Morgan fingerprint density at radius 2 is 1.88 bits per heavy atom. The number of nitrogens with zero attached hydrogens (tertiary/aromatic N) is 2. The van der Waals surface area contributed by atoms with Gasteiger partial charge in [0, 0.05) is 18.1 Å². The summed E-state index contributed by atoms with van der Waals surface area (Å²) in [5.41, 5.74) is 8.27.